The van der Waals surface area contributed by atoms with Crippen molar-refractivity contribution in [1.82, 2.24) is 0 Å². The van der Waals surface area contributed by atoms with Gasteiger partial charge < -0.3 is 14.0 Å². The van der Waals surface area contributed by atoms with E-state index < -0.39 is 0 Å². The van der Waals surface area contributed by atoms with Crippen molar-refractivity contribution in [3.8, 4) is 0 Å². The molecule has 0 N–H and O–H groups in total. The fourth-order valence-corrected chi connectivity index (χ4v) is 3.33. The van der Waals surface area contributed by atoms with E-state index in [1.165, 1.54) is 18.2 Å². The van der Waals surface area contributed by atoms with Gasteiger partial charge in [0.1, 0.15) is 0 Å². The highest BCUT2D eigenvalue weighted by Gasteiger charge is 2.51. The van der Waals surface area contributed by atoms with Gasteiger partial charge >= 0.3 is 13.1 Å². The highest BCUT2D eigenvalue weighted by atomic mass is 16.7. The summed E-state index contributed by atoms with van der Waals surface area (Å²) in [6.45, 7) is 8.22. The van der Waals surface area contributed by atoms with Crippen LogP contribution in [0, 0.1) is 0 Å². The maximum absolute atomic E-state index is 11.6. The third-order valence-corrected chi connectivity index (χ3v) is 5.54. The first-order valence-electron chi connectivity index (χ1n) is 8.29. The fourth-order valence-electron chi connectivity index (χ4n) is 3.33. The molecule has 0 bridgehead atoms. The molecule has 1 fully saturated rings. The van der Waals surface area contributed by atoms with E-state index in [4.69, 9.17) is 14.0 Å². The smallest absolute Gasteiger partial charge is 0.469 e. The molecular weight excluding hydrogens is 291 g/mol. The zero-order valence-corrected chi connectivity index (χ0v) is 14.6. The Bertz CT molecular complexity index is 607. The molecular formula is C18H25BO4. The molecule has 0 spiro atoms. The molecule has 2 aliphatic rings. The third kappa shape index (κ3) is 2.92. The molecule has 0 unspecified atom stereocenters. The van der Waals surface area contributed by atoms with E-state index in [1.54, 1.807) is 0 Å². The van der Waals surface area contributed by atoms with Crippen LogP contribution in [0.5, 0.6) is 0 Å². The van der Waals surface area contributed by atoms with Gasteiger partial charge in [0.2, 0.25) is 0 Å². The molecule has 124 valence electrons. The lowest BCUT2D eigenvalue weighted by Gasteiger charge is -2.32. The highest BCUT2D eigenvalue weighted by molar-refractivity contribution is 6.62. The predicted octanol–water partition coefficient (Wildman–Crippen LogP) is 2.58. The first-order chi connectivity index (χ1) is 10.7. The number of benzene rings is 1. The lowest BCUT2D eigenvalue weighted by molar-refractivity contribution is -0.141. The molecule has 0 aromatic heterocycles. The van der Waals surface area contributed by atoms with E-state index >= 15 is 0 Å². The van der Waals surface area contributed by atoms with Gasteiger partial charge in [-0.15, -0.1) is 0 Å². The second kappa shape index (κ2) is 5.64. The number of carbonyl (C=O) groups excluding carboxylic acids is 1. The van der Waals surface area contributed by atoms with Crippen LogP contribution < -0.4 is 5.46 Å². The van der Waals surface area contributed by atoms with Gasteiger partial charge in [0, 0.05) is 0 Å². The molecule has 1 aliphatic heterocycles. The summed E-state index contributed by atoms with van der Waals surface area (Å²) in [5.74, 6) is 0.0868. The third-order valence-electron chi connectivity index (χ3n) is 5.54. The maximum atomic E-state index is 11.6. The topological polar surface area (TPSA) is 44.8 Å². The molecule has 1 heterocycles. The summed E-state index contributed by atoms with van der Waals surface area (Å²) in [6.07, 6.45) is 2.45. The monoisotopic (exact) mass is 316 g/mol. The van der Waals surface area contributed by atoms with E-state index in [0.717, 1.165) is 18.3 Å². The molecule has 0 saturated carbocycles. The van der Waals surface area contributed by atoms with Crippen LogP contribution in [0.15, 0.2) is 18.2 Å². The fraction of sp³-hybridized carbons (Fsp3) is 0.611. The molecule has 4 nitrogen and oxygen atoms in total. The number of aryl methyl sites for hydroxylation is 1. The Kier molecular flexibility index (Phi) is 4.05. The van der Waals surface area contributed by atoms with Crippen molar-refractivity contribution < 1.29 is 18.8 Å². The molecule has 1 saturated heterocycles. The Balaban J connectivity index is 1.84. The van der Waals surface area contributed by atoms with E-state index in [0.29, 0.717) is 6.42 Å². The number of esters is 1. The van der Waals surface area contributed by atoms with Crippen LogP contribution in [-0.4, -0.2) is 31.4 Å². The number of ether oxygens (including phenoxy) is 1. The van der Waals surface area contributed by atoms with Crippen LogP contribution in [-0.2, 0) is 25.3 Å². The summed E-state index contributed by atoms with van der Waals surface area (Å²) >= 11 is 0. The molecule has 3 rings (SSSR count). The number of rotatable bonds is 3. The highest BCUT2D eigenvalue weighted by Crippen LogP contribution is 2.38. The van der Waals surface area contributed by atoms with Crippen molar-refractivity contribution >= 4 is 18.6 Å². The normalized spacial score (nSPS) is 24.6. The van der Waals surface area contributed by atoms with E-state index in [-0.39, 0.29) is 30.2 Å². The molecule has 1 atom stereocenters. The Morgan fingerprint density at radius 3 is 2.52 bits per heavy atom. The van der Waals surface area contributed by atoms with E-state index in [1.807, 2.05) is 0 Å². The summed E-state index contributed by atoms with van der Waals surface area (Å²) in [6, 6.07) is 6.38. The minimum absolute atomic E-state index is 0.149. The zero-order chi connectivity index (χ0) is 16.8. The molecule has 1 aliphatic carbocycles. The number of carbonyl (C=O) groups is 1. The van der Waals surface area contributed by atoms with Gasteiger partial charge in [0.15, 0.2) is 0 Å². The number of methoxy groups -OCH3 is 1. The summed E-state index contributed by atoms with van der Waals surface area (Å²) in [7, 11) is 1.09. The molecule has 0 radical (unpaired) electrons. The van der Waals surface area contributed by atoms with Crippen LogP contribution >= 0.6 is 0 Å². The first-order valence-corrected chi connectivity index (χ1v) is 8.29. The second-order valence-corrected chi connectivity index (χ2v) is 7.56. The minimum atomic E-state index is -0.357. The van der Waals surface area contributed by atoms with E-state index in [9.17, 15) is 4.79 Å². The van der Waals surface area contributed by atoms with Gasteiger partial charge in [-0.3, -0.25) is 4.79 Å². The van der Waals surface area contributed by atoms with Gasteiger partial charge in [-0.1, -0.05) is 18.2 Å². The van der Waals surface area contributed by atoms with Crippen LogP contribution in [0.4, 0.5) is 0 Å². The number of fused-ring (bicyclic) bond motifs is 1. The molecule has 5 heteroatoms. The predicted molar refractivity (Wildman–Crippen MR) is 89.9 cm³/mol. The average Bonchev–Trinajstić information content (AvgIpc) is 2.97. The molecule has 0 amide bonds. The standard InChI is InChI=1S/C18H25BO4/c1-17(2)18(3,4)23-19(22-17)14-9-8-12-6-7-13(15(12)11-14)10-16(20)21-5/h8-9,11,13H,6-7,10H2,1-5H3/t13-/m0/s1. The first kappa shape index (κ1) is 16.5. The van der Waals surface area contributed by atoms with Crippen LogP contribution in [0.1, 0.15) is 57.6 Å². The van der Waals surface area contributed by atoms with Gasteiger partial charge in [-0.2, -0.15) is 0 Å². The quantitative estimate of drug-likeness (QED) is 0.635. The van der Waals surface area contributed by atoms with Crippen LogP contribution in [0.2, 0.25) is 0 Å². The van der Waals surface area contributed by atoms with Crippen LogP contribution in [0.3, 0.4) is 0 Å². The summed E-state index contributed by atoms with van der Waals surface area (Å²) in [5.41, 5.74) is 2.89. The van der Waals surface area contributed by atoms with Crippen molar-refractivity contribution in [1.29, 1.82) is 0 Å². The lowest BCUT2D eigenvalue weighted by Crippen LogP contribution is -2.41. The average molecular weight is 316 g/mol. The summed E-state index contributed by atoms with van der Waals surface area (Å²) in [5, 5.41) is 0. The molecule has 23 heavy (non-hydrogen) atoms. The SMILES string of the molecule is COC(=O)C[C@@H]1CCc2ccc(B3OC(C)(C)C(C)(C)O3)cc21. The second-order valence-electron chi connectivity index (χ2n) is 7.56. The Labute approximate surface area is 138 Å². The van der Waals surface area contributed by atoms with Crippen LogP contribution in [0.25, 0.3) is 0 Å². The number of hydrogen-bond donors (Lipinski definition) is 0. The van der Waals surface area contributed by atoms with Gasteiger partial charge in [0.25, 0.3) is 0 Å². The van der Waals surface area contributed by atoms with Gasteiger partial charge in [-0.05, 0) is 63.0 Å². The minimum Gasteiger partial charge on any atom is -0.469 e. The molecule has 1 aromatic carbocycles. The van der Waals surface area contributed by atoms with Crippen molar-refractivity contribution in [2.75, 3.05) is 7.11 Å². The van der Waals surface area contributed by atoms with Gasteiger partial charge in [-0.25, -0.2) is 0 Å². The Morgan fingerprint density at radius 2 is 1.91 bits per heavy atom. The van der Waals surface area contributed by atoms with E-state index in [2.05, 4.69) is 45.9 Å². The Hall–Kier alpha value is -1.33. The van der Waals surface area contributed by atoms with Crippen molar-refractivity contribution in [3.05, 3.63) is 29.3 Å². The maximum Gasteiger partial charge on any atom is 0.494 e. The van der Waals surface area contributed by atoms with Gasteiger partial charge in [0.05, 0.1) is 24.7 Å². The molecule has 1 aromatic rings. The van der Waals surface area contributed by atoms with Crippen molar-refractivity contribution in [2.24, 2.45) is 0 Å². The zero-order valence-electron chi connectivity index (χ0n) is 14.6. The summed E-state index contributed by atoms with van der Waals surface area (Å²) in [4.78, 5) is 11.6. The lowest BCUT2D eigenvalue weighted by atomic mass is 9.77. The summed E-state index contributed by atoms with van der Waals surface area (Å²) < 4.78 is 17.1. The van der Waals surface area contributed by atoms with Crippen molar-refractivity contribution in [2.45, 2.75) is 64.1 Å². The number of hydrogen-bond acceptors (Lipinski definition) is 4. The Morgan fingerprint density at radius 1 is 1.26 bits per heavy atom. The van der Waals surface area contributed by atoms with Crippen molar-refractivity contribution in [3.63, 3.8) is 0 Å². The largest absolute Gasteiger partial charge is 0.494 e.